The van der Waals surface area contributed by atoms with Crippen LogP contribution in [0.25, 0.3) is 0 Å². The molecular formula is C19H26N3O5S+. The topological polar surface area (TPSA) is 89.4 Å². The summed E-state index contributed by atoms with van der Waals surface area (Å²) >= 11 is 1.32. The number of amides is 2. The van der Waals surface area contributed by atoms with Gasteiger partial charge >= 0.3 is 5.97 Å². The van der Waals surface area contributed by atoms with Crippen molar-refractivity contribution in [2.45, 2.75) is 6.92 Å². The van der Waals surface area contributed by atoms with E-state index in [1.807, 2.05) is 7.05 Å². The van der Waals surface area contributed by atoms with Crippen molar-refractivity contribution in [3.8, 4) is 5.75 Å². The smallest absolute Gasteiger partial charge is 0.333 e. The second-order valence-corrected chi connectivity index (χ2v) is 7.22. The number of carbonyl (C=O) groups excluding carboxylic acids is 3. The molecule has 0 aliphatic carbocycles. The first-order valence-corrected chi connectivity index (χ1v) is 9.98. The Balaban J connectivity index is 1.82. The molecule has 28 heavy (non-hydrogen) atoms. The zero-order valence-corrected chi connectivity index (χ0v) is 17.1. The number of methoxy groups -OCH3 is 1. The van der Waals surface area contributed by atoms with Gasteiger partial charge < -0.3 is 24.6 Å². The van der Waals surface area contributed by atoms with E-state index < -0.39 is 5.97 Å². The lowest BCUT2D eigenvalue weighted by Crippen LogP contribution is -3.10. The third-order valence-corrected chi connectivity index (χ3v) is 5.06. The molecule has 0 saturated carbocycles. The van der Waals surface area contributed by atoms with Crippen LogP contribution in [0.3, 0.4) is 0 Å². The summed E-state index contributed by atoms with van der Waals surface area (Å²) in [5.74, 6) is 0.412. The lowest BCUT2D eigenvalue weighted by atomic mass is 10.3. The summed E-state index contributed by atoms with van der Waals surface area (Å²) in [5, 5.41) is 3.43. The normalized spacial score (nSPS) is 16.2. The van der Waals surface area contributed by atoms with E-state index >= 15 is 0 Å². The molecule has 2 amide bonds. The summed E-state index contributed by atoms with van der Waals surface area (Å²) in [7, 11) is 3.47. The molecule has 1 saturated heterocycles. The fraction of sp³-hybridized carbons (Fsp3) is 0.421. The van der Waals surface area contributed by atoms with Crippen molar-refractivity contribution >= 4 is 35.2 Å². The summed E-state index contributed by atoms with van der Waals surface area (Å²) in [4.78, 5) is 38.4. The molecule has 1 fully saturated rings. The van der Waals surface area contributed by atoms with Crippen LogP contribution in [-0.2, 0) is 19.1 Å². The SMILES string of the molecule is CCOC(=O)/C=C1\SCC(=O)N1CC[NH+](C)CC(=O)Nc1ccc(OC)cc1. The molecule has 0 aromatic heterocycles. The van der Waals surface area contributed by atoms with Gasteiger partial charge in [0.2, 0.25) is 5.91 Å². The standard InChI is InChI=1S/C19H25N3O5S/c1-4-27-19(25)11-18-22(17(24)13-28-18)10-9-21(2)12-16(23)20-14-5-7-15(26-3)8-6-14/h5-8,11H,4,9-10,12-13H2,1-3H3,(H,20,23)/p+1/b18-11-. The van der Waals surface area contributed by atoms with Crippen LogP contribution in [0.1, 0.15) is 6.92 Å². The highest BCUT2D eigenvalue weighted by Gasteiger charge is 2.28. The zero-order valence-electron chi connectivity index (χ0n) is 16.3. The number of hydrogen-bond donors (Lipinski definition) is 2. The Morgan fingerprint density at radius 2 is 2.04 bits per heavy atom. The molecule has 0 radical (unpaired) electrons. The first kappa shape index (κ1) is 21.8. The van der Waals surface area contributed by atoms with Gasteiger partial charge in [-0.15, -0.1) is 0 Å². The van der Waals surface area contributed by atoms with E-state index in [1.54, 1.807) is 43.2 Å². The van der Waals surface area contributed by atoms with Crippen molar-refractivity contribution in [1.29, 1.82) is 0 Å². The van der Waals surface area contributed by atoms with Crippen LogP contribution in [-0.4, -0.2) is 68.8 Å². The molecule has 1 aliphatic rings. The Bertz CT molecular complexity index is 736. The zero-order chi connectivity index (χ0) is 20.5. The largest absolute Gasteiger partial charge is 0.497 e. The number of nitrogens with zero attached hydrogens (tertiary/aromatic N) is 1. The van der Waals surface area contributed by atoms with E-state index in [9.17, 15) is 14.4 Å². The minimum Gasteiger partial charge on any atom is -0.497 e. The molecule has 8 nitrogen and oxygen atoms in total. The first-order chi connectivity index (χ1) is 13.4. The predicted octanol–water partition coefficient (Wildman–Crippen LogP) is 0.128. The number of hydrogen-bond acceptors (Lipinski definition) is 6. The van der Waals surface area contributed by atoms with E-state index in [-0.39, 0.29) is 25.0 Å². The summed E-state index contributed by atoms with van der Waals surface area (Å²) in [6.45, 7) is 3.28. The number of benzene rings is 1. The van der Waals surface area contributed by atoms with Gasteiger partial charge in [0.05, 0.1) is 50.7 Å². The Kier molecular flexibility index (Phi) is 8.34. The van der Waals surface area contributed by atoms with Crippen molar-refractivity contribution in [2.24, 2.45) is 0 Å². The molecule has 2 N–H and O–H groups in total. The van der Waals surface area contributed by atoms with Gasteiger partial charge in [0.15, 0.2) is 6.54 Å². The van der Waals surface area contributed by atoms with Crippen LogP contribution >= 0.6 is 11.8 Å². The van der Waals surface area contributed by atoms with Crippen LogP contribution in [0.5, 0.6) is 5.75 Å². The number of esters is 1. The van der Waals surface area contributed by atoms with E-state index in [2.05, 4.69) is 5.32 Å². The molecule has 152 valence electrons. The number of likely N-dealkylation sites (N-methyl/N-ethyl adjacent to an activating group) is 1. The molecule has 1 unspecified atom stereocenters. The van der Waals surface area contributed by atoms with Crippen LogP contribution < -0.4 is 15.0 Å². The number of ether oxygens (including phenoxy) is 2. The number of nitrogens with one attached hydrogen (secondary N) is 2. The second-order valence-electron chi connectivity index (χ2n) is 6.23. The summed E-state index contributed by atoms with van der Waals surface area (Å²) in [6, 6.07) is 7.11. The van der Waals surface area contributed by atoms with Gasteiger partial charge in [0.1, 0.15) is 5.75 Å². The fourth-order valence-corrected chi connectivity index (χ4v) is 3.55. The van der Waals surface area contributed by atoms with Crippen molar-refractivity contribution in [3.05, 3.63) is 35.4 Å². The lowest BCUT2D eigenvalue weighted by Gasteiger charge is -2.20. The van der Waals surface area contributed by atoms with Gasteiger partial charge in [0.25, 0.3) is 5.91 Å². The van der Waals surface area contributed by atoms with Gasteiger partial charge in [-0.3, -0.25) is 9.59 Å². The molecular weight excluding hydrogens is 382 g/mol. The predicted molar refractivity (Wildman–Crippen MR) is 107 cm³/mol. The van der Waals surface area contributed by atoms with E-state index in [1.165, 1.54) is 17.8 Å². The molecule has 1 aromatic rings. The average molecular weight is 409 g/mol. The first-order valence-electron chi connectivity index (χ1n) is 8.99. The molecule has 1 heterocycles. The van der Waals surface area contributed by atoms with Crippen molar-refractivity contribution in [3.63, 3.8) is 0 Å². The number of thioether (sulfide) groups is 1. The summed E-state index contributed by atoms with van der Waals surface area (Å²) in [5.41, 5.74) is 0.698. The maximum Gasteiger partial charge on any atom is 0.333 e. The van der Waals surface area contributed by atoms with Gasteiger partial charge in [0, 0.05) is 5.69 Å². The fourth-order valence-electron chi connectivity index (χ4n) is 2.60. The molecule has 1 aromatic carbocycles. The minimum absolute atomic E-state index is 0.0453. The van der Waals surface area contributed by atoms with E-state index in [0.29, 0.717) is 29.6 Å². The number of rotatable bonds is 9. The molecule has 2 rings (SSSR count). The lowest BCUT2D eigenvalue weighted by molar-refractivity contribution is -0.870. The van der Waals surface area contributed by atoms with Crippen molar-refractivity contribution in [2.75, 3.05) is 51.5 Å². The van der Waals surface area contributed by atoms with Crippen LogP contribution in [0.4, 0.5) is 5.69 Å². The number of quaternary nitrogens is 1. The Labute approximate surface area is 168 Å². The second kappa shape index (κ2) is 10.7. The molecule has 0 spiro atoms. The molecule has 9 heteroatoms. The molecule has 1 aliphatic heterocycles. The third-order valence-electron chi connectivity index (χ3n) is 4.04. The Morgan fingerprint density at radius 3 is 2.68 bits per heavy atom. The van der Waals surface area contributed by atoms with Crippen LogP contribution in [0.15, 0.2) is 35.4 Å². The van der Waals surface area contributed by atoms with Crippen LogP contribution in [0.2, 0.25) is 0 Å². The van der Waals surface area contributed by atoms with Crippen molar-refractivity contribution < 1.29 is 28.8 Å². The number of anilines is 1. The van der Waals surface area contributed by atoms with E-state index in [0.717, 1.165) is 10.6 Å². The van der Waals surface area contributed by atoms with Gasteiger partial charge in [-0.05, 0) is 31.2 Å². The number of carbonyl (C=O) groups is 3. The van der Waals surface area contributed by atoms with E-state index in [4.69, 9.17) is 9.47 Å². The Morgan fingerprint density at radius 1 is 1.32 bits per heavy atom. The minimum atomic E-state index is -0.454. The van der Waals surface area contributed by atoms with Crippen LogP contribution in [0, 0.1) is 0 Å². The maximum absolute atomic E-state index is 12.2. The summed E-state index contributed by atoms with van der Waals surface area (Å²) < 4.78 is 9.99. The van der Waals surface area contributed by atoms with Gasteiger partial charge in [-0.1, -0.05) is 11.8 Å². The van der Waals surface area contributed by atoms with Crippen molar-refractivity contribution in [1.82, 2.24) is 4.90 Å². The maximum atomic E-state index is 12.2. The highest BCUT2D eigenvalue weighted by Crippen LogP contribution is 2.28. The molecule has 1 atom stereocenters. The third kappa shape index (κ3) is 6.58. The quantitative estimate of drug-likeness (QED) is 0.446. The highest BCUT2D eigenvalue weighted by molar-refractivity contribution is 8.04. The Hall–Kier alpha value is -2.52. The van der Waals surface area contributed by atoms with Gasteiger partial charge in [-0.2, -0.15) is 0 Å². The van der Waals surface area contributed by atoms with Gasteiger partial charge in [-0.25, -0.2) is 4.79 Å². The monoisotopic (exact) mass is 408 g/mol. The average Bonchev–Trinajstić information content (AvgIpc) is 3.00. The summed E-state index contributed by atoms with van der Waals surface area (Å²) in [6.07, 6.45) is 1.35. The highest BCUT2D eigenvalue weighted by atomic mass is 32.2. The molecule has 0 bridgehead atoms.